The summed E-state index contributed by atoms with van der Waals surface area (Å²) in [4.78, 5) is 0. The van der Waals surface area contributed by atoms with Gasteiger partial charge >= 0.3 is 8.60 Å². The van der Waals surface area contributed by atoms with Crippen molar-refractivity contribution in [1.82, 2.24) is 0 Å². The number of rotatable bonds is 6. The smallest absolute Gasteiger partial charge is 0.313 e. The van der Waals surface area contributed by atoms with Crippen molar-refractivity contribution in [3.05, 3.63) is 0 Å². The lowest BCUT2D eigenvalue weighted by molar-refractivity contribution is 0.176. The molecule has 0 saturated heterocycles. The molecular weight excluding hydrogens is 182 g/mol. The molecule has 0 spiro atoms. The van der Waals surface area contributed by atoms with E-state index in [4.69, 9.17) is 13.6 Å². The first-order valence-corrected chi connectivity index (χ1v) is 4.63. The van der Waals surface area contributed by atoms with E-state index in [9.17, 15) is 0 Å². The fourth-order valence-corrected chi connectivity index (χ4v) is 1.28. The van der Waals surface area contributed by atoms with Gasteiger partial charge < -0.3 is 13.6 Å². The Morgan fingerprint density at radius 1 is 0.818 bits per heavy atom. The van der Waals surface area contributed by atoms with Gasteiger partial charge in [0.1, 0.15) is 0 Å². The van der Waals surface area contributed by atoms with E-state index < -0.39 is 8.60 Å². The second-order valence-electron chi connectivity index (χ2n) is 1.48. The van der Waals surface area contributed by atoms with Crippen LogP contribution >= 0.6 is 18.5 Å². The van der Waals surface area contributed by atoms with E-state index in [1.54, 1.807) is 0 Å². The summed E-state index contributed by atoms with van der Waals surface area (Å²) in [7, 11) is -1.06. The average Bonchev–Trinajstić information content (AvgIpc) is 1.90. The van der Waals surface area contributed by atoms with Gasteiger partial charge in [-0.1, -0.05) is 0 Å². The first-order chi connectivity index (χ1) is 4.85. The molecule has 0 aliphatic carbocycles. The monoisotopic (exact) mass is 197 g/mol. The van der Waals surface area contributed by atoms with Crippen LogP contribution in [-0.2, 0) is 13.6 Å². The zero-order valence-corrected chi connectivity index (χ0v) is 9.03. The van der Waals surface area contributed by atoms with Crippen molar-refractivity contribution in [3.8, 4) is 0 Å². The fraction of sp³-hybridized carbons (Fsp3) is 1.00. The highest BCUT2D eigenvalue weighted by molar-refractivity contribution is 7.41. The third-order valence-corrected chi connectivity index (χ3v) is 2.11. The Bertz CT molecular complexity index is 58.6. The minimum atomic E-state index is -1.06. The topological polar surface area (TPSA) is 27.7 Å². The zero-order chi connectivity index (χ0) is 7.82. The van der Waals surface area contributed by atoms with E-state index in [0.717, 1.165) is 0 Å². The minimum absolute atomic E-state index is 0. The number of hydrogen-bond donors (Lipinski definition) is 0. The predicted molar refractivity (Wildman–Crippen MR) is 48.7 cm³/mol. The lowest BCUT2D eigenvalue weighted by atomic mass is 10.9. The van der Waals surface area contributed by atoms with Crippen molar-refractivity contribution >= 4 is 18.5 Å². The van der Waals surface area contributed by atoms with Crippen LogP contribution in [0.3, 0.4) is 0 Å². The van der Waals surface area contributed by atoms with Gasteiger partial charge in [-0.15, -0.1) is 0 Å². The summed E-state index contributed by atoms with van der Waals surface area (Å²) in [6.45, 7) is 7.71. The molecule has 0 saturated carbocycles. The van der Waals surface area contributed by atoms with Crippen LogP contribution < -0.4 is 0 Å². The van der Waals surface area contributed by atoms with E-state index in [0.29, 0.717) is 19.8 Å². The van der Waals surface area contributed by atoms with E-state index in [2.05, 4.69) is 0 Å². The highest BCUT2D eigenvalue weighted by atomic mass is 31.2. The maximum absolute atomic E-state index is 5.14. The van der Waals surface area contributed by atoms with Crippen LogP contribution in [0, 0.1) is 0 Å². The van der Waals surface area contributed by atoms with Gasteiger partial charge in [-0.2, -0.15) is 0 Å². The molecule has 5 heteroatoms. The van der Waals surface area contributed by atoms with Crippen molar-refractivity contribution in [2.75, 3.05) is 19.8 Å². The van der Waals surface area contributed by atoms with Gasteiger partial charge in [-0.25, -0.2) is 0 Å². The van der Waals surface area contributed by atoms with Gasteiger partial charge in [-0.05, 0) is 20.8 Å². The summed E-state index contributed by atoms with van der Waals surface area (Å²) in [5.74, 6) is 0. The molecule has 0 aliphatic heterocycles. The normalized spacial score (nSPS) is 9.82. The second kappa shape index (κ2) is 10.7. The van der Waals surface area contributed by atoms with Crippen molar-refractivity contribution in [2.45, 2.75) is 20.8 Å². The third-order valence-electron chi connectivity index (χ3n) is 0.704. The molecule has 0 atom stereocenters. The van der Waals surface area contributed by atoms with Gasteiger partial charge in [0.15, 0.2) is 0 Å². The Kier molecular flexibility index (Phi) is 13.9. The van der Waals surface area contributed by atoms with Crippen molar-refractivity contribution in [3.63, 3.8) is 0 Å². The zero-order valence-electron chi connectivity index (χ0n) is 7.24. The molecule has 3 nitrogen and oxygen atoms in total. The molecule has 3 radical (unpaired) electrons. The van der Waals surface area contributed by atoms with Crippen LogP contribution in [0.5, 0.6) is 0 Å². The highest BCUT2D eigenvalue weighted by Gasteiger charge is 2.07. The summed E-state index contributed by atoms with van der Waals surface area (Å²) < 4.78 is 15.4. The van der Waals surface area contributed by atoms with Crippen LogP contribution in [0.4, 0.5) is 0 Å². The Morgan fingerprint density at radius 2 is 1.09 bits per heavy atom. The fourth-order valence-electron chi connectivity index (χ4n) is 0.428. The van der Waals surface area contributed by atoms with Crippen LogP contribution in [0.25, 0.3) is 0 Å². The van der Waals surface area contributed by atoms with Gasteiger partial charge in [0.2, 0.25) is 0 Å². The molecule has 0 aromatic carbocycles. The van der Waals surface area contributed by atoms with E-state index in [-0.39, 0.29) is 9.90 Å². The van der Waals surface area contributed by atoms with Gasteiger partial charge in [-0.3, -0.25) is 0 Å². The average molecular weight is 197 g/mol. The van der Waals surface area contributed by atoms with Crippen molar-refractivity contribution in [2.24, 2.45) is 0 Å². The maximum Gasteiger partial charge on any atom is 0.332 e. The molecule has 0 amide bonds. The van der Waals surface area contributed by atoms with Crippen LogP contribution in [0.15, 0.2) is 0 Å². The molecule has 0 N–H and O–H groups in total. The molecule has 11 heavy (non-hydrogen) atoms. The molecule has 0 aromatic heterocycles. The molecule has 0 rings (SSSR count). The molecular formula is C6H15O3P2. The third kappa shape index (κ3) is 8.65. The van der Waals surface area contributed by atoms with Crippen molar-refractivity contribution in [1.29, 1.82) is 0 Å². The SMILES string of the molecule is CCOP(OCC)OCC.[P]. The Labute approximate surface area is 73.4 Å². The lowest BCUT2D eigenvalue weighted by Gasteiger charge is -2.12. The first-order valence-electron chi connectivity index (χ1n) is 3.54. The van der Waals surface area contributed by atoms with Crippen LogP contribution in [0.1, 0.15) is 20.8 Å². The van der Waals surface area contributed by atoms with Gasteiger partial charge in [0, 0.05) is 9.90 Å². The Balaban J connectivity index is 0. The summed E-state index contributed by atoms with van der Waals surface area (Å²) in [5, 5.41) is 0. The summed E-state index contributed by atoms with van der Waals surface area (Å²) in [6, 6.07) is 0. The summed E-state index contributed by atoms with van der Waals surface area (Å²) in [5.41, 5.74) is 0. The minimum Gasteiger partial charge on any atom is -0.313 e. The Morgan fingerprint density at radius 3 is 1.27 bits per heavy atom. The van der Waals surface area contributed by atoms with E-state index >= 15 is 0 Å². The largest absolute Gasteiger partial charge is 0.332 e. The molecule has 0 bridgehead atoms. The quantitative estimate of drug-likeness (QED) is 0.612. The first kappa shape index (κ1) is 14.3. The van der Waals surface area contributed by atoms with Crippen molar-refractivity contribution < 1.29 is 13.6 Å². The Hall–Kier alpha value is 0.740. The van der Waals surface area contributed by atoms with Crippen LogP contribution in [-0.4, -0.2) is 19.8 Å². The highest BCUT2D eigenvalue weighted by Crippen LogP contribution is 2.38. The molecule has 0 unspecified atom stereocenters. The summed E-state index contributed by atoms with van der Waals surface area (Å²) >= 11 is 0. The second-order valence-corrected chi connectivity index (χ2v) is 2.70. The lowest BCUT2D eigenvalue weighted by Crippen LogP contribution is -1.94. The summed E-state index contributed by atoms with van der Waals surface area (Å²) in [6.07, 6.45) is 0. The maximum atomic E-state index is 5.14. The molecule has 67 valence electrons. The van der Waals surface area contributed by atoms with E-state index in [1.165, 1.54) is 0 Å². The molecule has 0 fully saturated rings. The predicted octanol–water partition coefficient (Wildman–Crippen LogP) is 3.18. The number of hydrogen-bond acceptors (Lipinski definition) is 3. The van der Waals surface area contributed by atoms with E-state index in [1.807, 2.05) is 20.8 Å². The standard InChI is InChI=1S/C6H15O3P.P/c1-4-7-10(8-5-2)9-6-3;/h4-6H2,1-3H3;. The molecule has 0 heterocycles. The molecule has 0 aliphatic rings. The molecule has 0 aromatic rings. The van der Waals surface area contributed by atoms with Gasteiger partial charge in [0.05, 0.1) is 19.8 Å². The van der Waals surface area contributed by atoms with Crippen LogP contribution in [0.2, 0.25) is 0 Å². The van der Waals surface area contributed by atoms with Gasteiger partial charge in [0.25, 0.3) is 0 Å².